The number of rotatable bonds is 9. The van der Waals surface area contributed by atoms with Gasteiger partial charge in [-0.3, -0.25) is 4.90 Å². The second-order valence-corrected chi connectivity index (χ2v) is 4.70. The molecule has 1 rings (SSSR count). The normalized spacial score (nSPS) is 11.1. The second kappa shape index (κ2) is 9.09. The van der Waals surface area contributed by atoms with Gasteiger partial charge in [0.15, 0.2) is 0 Å². The van der Waals surface area contributed by atoms with E-state index in [1.807, 2.05) is 0 Å². The predicted octanol–water partition coefficient (Wildman–Crippen LogP) is 3.04. The van der Waals surface area contributed by atoms with Crippen LogP contribution in [-0.4, -0.2) is 50.0 Å². The first-order valence-electron chi connectivity index (χ1n) is 5.99. The van der Waals surface area contributed by atoms with Crippen molar-refractivity contribution >= 4 is 15.9 Å². The zero-order valence-corrected chi connectivity index (χ0v) is 12.4. The molecule has 1 aromatic carbocycles. The van der Waals surface area contributed by atoms with Gasteiger partial charge >= 0.3 is 0 Å². The highest BCUT2D eigenvalue weighted by Gasteiger charge is 2.11. The molecule has 0 saturated heterocycles. The second-order valence-electron chi connectivity index (χ2n) is 3.90. The van der Waals surface area contributed by atoms with Gasteiger partial charge in [-0.15, -0.1) is 0 Å². The number of nitrogens with zero attached hydrogens (tertiary/aromatic N) is 1. The highest BCUT2D eigenvalue weighted by Crippen LogP contribution is 2.16. The Bertz CT molecular complexity index is 349. The van der Waals surface area contributed by atoms with E-state index in [0.717, 1.165) is 5.75 Å². The van der Waals surface area contributed by atoms with Crippen LogP contribution < -0.4 is 9.47 Å². The summed E-state index contributed by atoms with van der Waals surface area (Å²) in [6.45, 7) is 1.21. The maximum atomic E-state index is 12.3. The van der Waals surface area contributed by atoms with Crippen molar-refractivity contribution in [3.63, 3.8) is 0 Å². The molecule has 0 unspecified atom stereocenters. The molecule has 0 aromatic heterocycles. The summed E-state index contributed by atoms with van der Waals surface area (Å²) in [6.07, 6.45) is -2.32. The molecule has 0 aliphatic carbocycles. The molecule has 0 radical (unpaired) electrons. The highest BCUT2D eigenvalue weighted by molar-refractivity contribution is 9.09. The number of halogens is 3. The average Bonchev–Trinajstić information content (AvgIpc) is 2.39. The summed E-state index contributed by atoms with van der Waals surface area (Å²) < 4.78 is 35.2. The summed E-state index contributed by atoms with van der Waals surface area (Å²) in [5, 5.41) is 0.669. The van der Waals surface area contributed by atoms with Gasteiger partial charge in [0.1, 0.15) is 18.1 Å². The largest absolute Gasteiger partial charge is 0.497 e. The van der Waals surface area contributed by atoms with Crippen molar-refractivity contribution in [2.75, 3.05) is 38.7 Å². The van der Waals surface area contributed by atoms with Crippen LogP contribution in [0.1, 0.15) is 0 Å². The highest BCUT2D eigenvalue weighted by atomic mass is 79.9. The molecule has 0 N–H and O–H groups in total. The SMILES string of the molecule is COc1ccc(OCCN(CCBr)CC(F)F)cc1. The molecule has 0 aliphatic heterocycles. The van der Waals surface area contributed by atoms with Crippen LogP contribution in [0.2, 0.25) is 0 Å². The number of methoxy groups -OCH3 is 1. The van der Waals surface area contributed by atoms with E-state index >= 15 is 0 Å². The topological polar surface area (TPSA) is 21.7 Å². The predicted molar refractivity (Wildman–Crippen MR) is 74.7 cm³/mol. The fraction of sp³-hybridized carbons (Fsp3) is 0.538. The lowest BCUT2D eigenvalue weighted by atomic mass is 10.3. The molecule has 108 valence electrons. The van der Waals surface area contributed by atoms with Gasteiger partial charge in [0.2, 0.25) is 0 Å². The Labute approximate surface area is 120 Å². The van der Waals surface area contributed by atoms with E-state index in [4.69, 9.17) is 9.47 Å². The lowest BCUT2D eigenvalue weighted by Crippen LogP contribution is -2.34. The van der Waals surface area contributed by atoms with Gasteiger partial charge in [-0.25, -0.2) is 8.78 Å². The molecule has 19 heavy (non-hydrogen) atoms. The van der Waals surface area contributed by atoms with E-state index in [9.17, 15) is 8.78 Å². The van der Waals surface area contributed by atoms with Crippen molar-refractivity contribution in [2.24, 2.45) is 0 Å². The summed E-state index contributed by atoms with van der Waals surface area (Å²) in [4.78, 5) is 1.67. The van der Waals surface area contributed by atoms with Crippen LogP contribution in [-0.2, 0) is 0 Å². The molecule has 6 heteroatoms. The number of alkyl halides is 3. The number of hydrogen-bond acceptors (Lipinski definition) is 3. The zero-order chi connectivity index (χ0) is 14.1. The summed E-state index contributed by atoms with van der Waals surface area (Å²) >= 11 is 3.25. The molecule has 3 nitrogen and oxygen atoms in total. The first-order chi connectivity index (χ1) is 9.15. The van der Waals surface area contributed by atoms with Crippen molar-refractivity contribution in [1.29, 1.82) is 0 Å². The molecule has 0 heterocycles. The van der Waals surface area contributed by atoms with Crippen molar-refractivity contribution in [2.45, 2.75) is 6.43 Å². The molecule has 0 atom stereocenters. The van der Waals surface area contributed by atoms with E-state index in [1.165, 1.54) is 0 Å². The quantitative estimate of drug-likeness (QED) is 0.646. The zero-order valence-electron chi connectivity index (χ0n) is 10.8. The van der Waals surface area contributed by atoms with Gasteiger partial charge in [-0.05, 0) is 24.3 Å². The molecule has 0 aliphatic rings. The number of hydrogen-bond donors (Lipinski definition) is 0. The van der Waals surface area contributed by atoms with E-state index in [-0.39, 0.29) is 6.54 Å². The van der Waals surface area contributed by atoms with Crippen molar-refractivity contribution in [3.8, 4) is 11.5 Å². The van der Waals surface area contributed by atoms with Crippen LogP contribution in [0.3, 0.4) is 0 Å². The maximum absolute atomic E-state index is 12.3. The molecule has 0 fully saturated rings. The summed E-state index contributed by atoms with van der Waals surface area (Å²) in [7, 11) is 1.60. The maximum Gasteiger partial charge on any atom is 0.251 e. The van der Waals surface area contributed by atoms with Gasteiger partial charge in [0.05, 0.1) is 13.7 Å². The van der Waals surface area contributed by atoms with Crippen LogP contribution in [0.4, 0.5) is 8.78 Å². The van der Waals surface area contributed by atoms with Crippen LogP contribution >= 0.6 is 15.9 Å². The van der Waals surface area contributed by atoms with Gasteiger partial charge < -0.3 is 9.47 Å². The Morgan fingerprint density at radius 3 is 2.32 bits per heavy atom. The van der Waals surface area contributed by atoms with Gasteiger partial charge in [-0.2, -0.15) is 0 Å². The minimum atomic E-state index is -2.32. The van der Waals surface area contributed by atoms with Crippen molar-refractivity contribution in [1.82, 2.24) is 4.90 Å². The first-order valence-corrected chi connectivity index (χ1v) is 7.11. The number of ether oxygens (including phenoxy) is 2. The Kier molecular flexibility index (Phi) is 7.74. The molecule has 0 amide bonds. The lowest BCUT2D eigenvalue weighted by Gasteiger charge is -2.20. The minimum Gasteiger partial charge on any atom is -0.497 e. The summed E-state index contributed by atoms with van der Waals surface area (Å²) in [5.41, 5.74) is 0. The summed E-state index contributed by atoms with van der Waals surface area (Å²) in [5.74, 6) is 1.46. The van der Waals surface area contributed by atoms with Crippen molar-refractivity contribution in [3.05, 3.63) is 24.3 Å². The minimum absolute atomic E-state index is 0.225. The van der Waals surface area contributed by atoms with Crippen LogP contribution in [0.15, 0.2) is 24.3 Å². The molecule has 0 spiro atoms. The van der Waals surface area contributed by atoms with Crippen LogP contribution in [0.5, 0.6) is 11.5 Å². The Balaban J connectivity index is 2.33. The van der Waals surface area contributed by atoms with Crippen LogP contribution in [0, 0.1) is 0 Å². The lowest BCUT2D eigenvalue weighted by molar-refractivity contribution is 0.0840. The molecule has 0 saturated carbocycles. The van der Waals surface area contributed by atoms with Crippen LogP contribution in [0.25, 0.3) is 0 Å². The summed E-state index contributed by atoms with van der Waals surface area (Å²) in [6, 6.07) is 7.18. The fourth-order valence-corrected chi connectivity index (χ4v) is 2.08. The molecule has 1 aromatic rings. The third-order valence-corrected chi connectivity index (χ3v) is 2.89. The van der Waals surface area contributed by atoms with E-state index in [1.54, 1.807) is 36.3 Å². The van der Waals surface area contributed by atoms with Crippen molar-refractivity contribution < 1.29 is 18.3 Å². The first kappa shape index (κ1) is 16.2. The van der Waals surface area contributed by atoms with E-state index in [2.05, 4.69) is 15.9 Å². The van der Waals surface area contributed by atoms with E-state index in [0.29, 0.717) is 30.8 Å². The average molecular weight is 338 g/mol. The molecule has 0 bridgehead atoms. The molecular weight excluding hydrogens is 320 g/mol. The third kappa shape index (κ3) is 6.73. The fourth-order valence-electron chi connectivity index (χ4n) is 1.57. The molecular formula is C13H18BrF2NO2. The number of benzene rings is 1. The van der Waals surface area contributed by atoms with Gasteiger partial charge in [-0.1, -0.05) is 15.9 Å². The smallest absolute Gasteiger partial charge is 0.251 e. The monoisotopic (exact) mass is 337 g/mol. The Hall–Kier alpha value is -0.880. The van der Waals surface area contributed by atoms with Gasteiger partial charge in [0.25, 0.3) is 6.43 Å². The van der Waals surface area contributed by atoms with E-state index < -0.39 is 6.43 Å². The standard InChI is InChI=1S/C13H18BrF2NO2/c1-18-11-2-4-12(5-3-11)19-9-8-17(7-6-14)10-13(15)16/h2-5,13H,6-10H2,1H3. The third-order valence-electron chi connectivity index (χ3n) is 2.53. The Morgan fingerprint density at radius 2 is 1.79 bits per heavy atom. The van der Waals surface area contributed by atoms with Gasteiger partial charge in [0, 0.05) is 18.4 Å². The Morgan fingerprint density at radius 1 is 1.16 bits per heavy atom.